The topological polar surface area (TPSA) is 115 Å². The van der Waals surface area contributed by atoms with Crippen LogP contribution in [-0.2, 0) is 6.54 Å². The Hall–Kier alpha value is -4.20. The number of rotatable bonds is 5. The number of hydrogen-bond acceptors (Lipinski definition) is 5. The van der Waals surface area contributed by atoms with E-state index in [0.717, 1.165) is 33.7 Å². The second kappa shape index (κ2) is 7.32. The Kier molecular flexibility index (Phi) is 4.36. The minimum atomic E-state index is -0.219. The zero-order valence-corrected chi connectivity index (χ0v) is 16.2. The third-order valence-electron chi connectivity index (χ3n) is 4.93. The molecule has 0 saturated carbocycles. The Morgan fingerprint density at radius 2 is 1.93 bits per heavy atom. The standard InChI is InChI=1S/C22H19N7O/c1-13-10-14(20-24-8-9-25-20)11-17-19(13)29-21(28-17)18-16(5-7-26-22(18)30)27-12-15-4-2-3-6-23-15/h2-11H,12H2,1H3,(H,24,25)(H,28,29)(H2,26,27,30). The number of nitrogens with zero attached hydrogens (tertiary/aromatic N) is 3. The van der Waals surface area contributed by atoms with Gasteiger partial charge in [0.25, 0.3) is 5.56 Å². The minimum Gasteiger partial charge on any atom is -0.379 e. The zero-order valence-electron chi connectivity index (χ0n) is 16.2. The van der Waals surface area contributed by atoms with Crippen LogP contribution >= 0.6 is 0 Å². The van der Waals surface area contributed by atoms with E-state index in [1.165, 1.54) is 0 Å². The van der Waals surface area contributed by atoms with Crippen molar-refractivity contribution < 1.29 is 0 Å². The number of hydrogen-bond donors (Lipinski definition) is 4. The molecule has 0 aliphatic rings. The van der Waals surface area contributed by atoms with Crippen LogP contribution in [0.15, 0.2) is 66.0 Å². The average molecular weight is 397 g/mol. The molecule has 4 heterocycles. The van der Waals surface area contributed by atoms with Crippen molar-refractivity contribution in [2.75, 3.05) is 5.32 Å². The molecule has 0 saturated heterocycles. The third kappa shape index (κ3) is 3.24. The normalized spacial score (nSPS) is 11.1. The highest BCUT2D eigenvalue weighted by Crippen LogP contribution is 2.29. The number of nitrogens with one attached hydrogen (secondary N) is 4. The summed E-state index contributed by atoms with van der Waals surface area (Å²) >= 11 is 0. The highest BCUT2D eigenvalue weighted by atomic mass is 16.1. The Morgan fingerprint density at radius 1 is 1.00 bits per heavy atom. The van der Waals surface area contributed by atoms with Crippen LogP contribution in [0, 0.1) is 6.92 Å². The van der Waals surface area contributed by atoms with Crippen LogP contribution in [0.4, 0.5) is 5.69 Å². The number of aromatic amines is 3. The van der Waals surface area contributed by atoms with Crippen molar-refractivity contribution in [1.29, 1.82) is 0 Å². The van der Waals surface area contributed by atoms with Gasteiger partial charge in [-0.1, -0.05) is 6.07 Å². The molecule has 30 heavy (non-hydrogen) atoms. The fourth-order valence-corrected chi connectivity index (χ4v) is 3.52. The van der Waals surface area contributed by atoms with E-state index in [0.29, 0.717) is 23.6 Å². The molecule has 0 unspecified atom stereocenters. The lowest BCUT2D eigenvalue weighted by Crippen LogP contribution is -2.13. The molecule has 0 aliphatic carbocycles. The predicted octanol–water partition coefficient (Wildman–Crippen LogP) is 3.62. The van der Waals surface area contributed by atoms with Gasteiger partial charge in [-0.05, 0) is 42.8 Å². The molecule has 1 aromatic carbocycles. The van der Waals surface area contributed by atoms with Crippen molar-refractivity contribution >= 4 is 16.7 Å². The van der Waals surface area contributed by atoms with Crippen LogP contribution in [0.1, 0.15) is 11.3 Å². The van der Waals surface area contributed by atoms with Gasteiger partial charge in [-0.2, -0.15) is 0 Å². The van der Waals surface area contributed by atoms with Crippen LogP contribution in [-0.4, -0.2) is 29.9 Å². The Bertz CT molecular complexity index is 1370. The van der Waals surface area contributed by atoms with E-state index in [1.54, 1.807) is 24.8 Å². The number of imidazole rings is 2. The fourth-order valence-electron chi connectivity index (χ4n) is 3.52. The lowest BCUT2D eigenvalue weighted by Gasteiger charge is -2.09. The molecular formula is C22H19N7O. The van der Waals surface area contributed by atoms with Crippen molar-refractivity contribution in [2.45, 2.75) is 13.5 Å². The summed E-state index contributed by atoms with van der Waals surface area (Å²) in [4.78, 5) is 35.2. The molecule has 0 fully saturated rings. The van der Waals surface area contributed by atoms with E-state index in [-0.39, 0.29) is 5.56 Å². The van der Waals surface area contributed by atoms with E-state index >= 15 is 0 Å². The number of aromatic nitrogens is 6. The molecule has 4 aromatic heterocycles. The average Bonchev–Trinajstić information content (AvgIpc) is 3.43. The SMILES string of the molecule is Cc1cc(-c2ncc[nH]2)cc2[nH]c(-c3c(NCc4ccccn4)cc[nH]c3=O)nc12. The lowest BCUT2D eigenvalue weighted by atomic mass is 10.1. The van der Waals surface area contributed by atoms with E-state index in [1.807, 2.05) is 43.3 Å². The highest BCUT2D eigenvalue weighted by Gasteiger charge is 2.16. The summed E-state index contributed by atoms with van der Waals surface area (Å²) in [5.74, 6) is 1.29. The molecule has 5 rings (SSSR count). The molecule has 0 spiro atoms. The molecule has 148 valence electrons. The molecule has 8 heteroatoms. The van der Waals surface area contributed by atoms with Gasteiger partial charge in [0, 0.05) is 30.4 Å². The van der Waals surface area contributed by atoms with Crippen LogP contribution < -0.4 is 10.9 Å². The van der Waals surface area contributed by atoms with E-state index in [2.05, 4.69) is 30.2 Å². The third-order valence-corrected chi connectivity index (χ3v) is 4.93. The van der Waals surface area contributed by atoms with Crippen LogP contribution in [0.2, 0.25) is 0 Å². The maximum atomic E-state index is 12.7. The molecule has 4 N–H and O–H groups in total. The predicted molar refractivity (Wildman–Crippen MR) is 116 cm³/mol. The number of anilines is 1. The van der Waals surface area contributed by atoms with Crippen molar-refractivity contribution in [3.05, 3.63) is 82.8 Å². The summed E-state index contributed by atoms with van der Waals surface area (Å²) in [6, 6.07) is 11.6. The second-order valence-electron chi connectivity index (χ2n) is 6.98. The van der Waals surface area contributed by atoms with Crippen LogP contribution in [0.5, 0.6) is 0 Å². The van der Waals surface area contributed by atoms with Gasteiger partial charge in [0.1, 0.15) is 17.2 Å². The van der Waals surface area contributed by atoms with E-state index in [9.17, 15) is 4.79 Å². The summed E-state index contributed by atoms with van der Waals surface area (Å²) in [6.45, 7) is 2.49. The summed E-state index contributed by atoms with van der Waals surface area (Å²) < 4.78 is 0. The van der Waals surface area contributed by atoms with Crippen LogP contribution in [0.25, 0.3) is 33.8 Å². The smallest absolute Gasteiger partial charge is 0.261 e. The summed E-state index contributed by atoms with van der Waals surface area (Å²) in [7, 11) is 0. The number of benzene rings is 1. The molecule has 5 aromatic rings. The Morgan fingerprint density at radius 3 is 2.73 bits per heavy atom. The summed E-state index contributed by atoms with van der Waals surface area (Å²) in [6.07, 6.45) is 6.87. The first-order chi connectivity index (χ1) is 14.7. The number of aryl methyl sites for hydroxylation is 1. The molecule has 0 radical (unpaired) electrons. The largest absolute Gasteiger partial charge is 0.379 e. The van der Waals surface area contributed by atoms with Crippen LogP contribution in [0.3, 0.4) is 0 Å². The summed E-state index contributed by atoms with van der Waals surface area (Å²) in [5.41, 5.74) is 5.43. The molecule has 0 atom stereocenters. The van der Waals surface area contributed by atoms with Gasteiger partial charge < -0.3 is 20.3 Å². The first kappa shape index (κ1) is 17.9. The maximum absolute atomic E-state index is 12.7. The maximum Gasteiger partial charge on any atom is 0.261 e. The number of H-pyrrole nitrogens is 3. The van der Waals surface area contributed by atoms with Crippen molar-refractivity contribution in [2.24, 2.45) is 0 Å². The van der Waals surface area contributed by atoms with Crippen molar-refractivity contribution in [3.8, 4) is 22.8 Å². The lowest BCUT2D eigenvalue weighted by molar-refractivity contribution is 1.04. The van der Waals surface area contributed by atoms with Gasteiger partial charge in [0.2, 0.25) is 0 Å². The van der Waals surface area contributed by atoms with Crippen molar-refractivity contribution in [3.63, 3.8) is 0 Å². The van der Waals surface area contributed by atoms with E-state index < -0.39 is 0 Å². The monoisotopic (exact) mass is 397 g/mol. The van der Waals surface area contributed by atoms with Gasteiger partial charge in [-0.25, -0.2) is 9.97 Å². The first-order valence-electron chi connectivity index (χ1n) is 9.55. The number of fused-ring (bicyclic) bond motifs is 1. The number of pyridine rings is 2. The molecule has 0 amide bonds. The summed E-state index contributed by atoms with van der Waals surface area (Å²) in [5, 5.41) is 3.30. The van der Waals surface area contributed by atoms with E-state index in [4.69, 9.17) is 4.98 Å². The minimum absolute atomic E-state index is 0.219. The van der Waals surface area contributed by atoms with Gasteiger partial charge in [0.15, 0.2) is 0 Å². The van der Waals surface area contributed by atoms with Gasteiger partial charge in [0.05, 0.1) is 29.0 Å². The Balaban J connectivity index is 1.57. The second-order valence-corrected chi connectivity index (χ2v) is 6.98. The molecule has 0 aliphatic heterocycles. The van der Waals surface area contributed by atoms with Gasteiger partial charge in [-0.3, -0.25) is 9.78 Å². The molecular weight excluding hydrogens is 378 g/mol. The van der Waals surface area contributed by atoms with Gasteiger partial charge >= 0.3 is 0 Å². The quantitative estimate of drug-likeness (QED) is 0.362. The first-order valence-corrected chi connectivity index (χ1v) is 9.55. The van der Waals surface area contributed by atoms with Gasteiger partial charge in [-0.15, -0.1) is 0 Å². The fraction of sp³-hybridized carbons (Fsp3) is 0.0909. The zero-order chi connectivity index (χ0) is 20.5. The Labute approximate surface area is 171 Å². The highest BCUT2D eigenvalue weighted by molar-refractivity contribution is 5.88. The molecule has 0 bridgehead atoms. The molecule has 8 nitrogen and oxygen atoms in total. The van der Waals surface area contributed by atoms with Crippen molar-refractivity contribution in [1.82, 2.24) is 29.9 Å².